The number of hydrogen-bond acceptors (Lipinski definition) is 4. The first-order valence-electron chi connectivity index (χ1n) is 9.26. The summed E-state index contributed by atoms with van der Waals surface area (Å²) < 4.78 is 14.6. The van der Waals surface area contributed by atoms with Gasteiger partial charge in [0.15, 0.2) is 0 Å². The van der Waals surface area contributed by atoms with Crippen molar-refractivity contribution in [3.63, 3.8) is 0 Å². The molecule has 0 unspecified atom stereocenters. The molecule has 1 spiro atoms. The van der Waals surface area contributed by atoms with E-state index in [4.69, 9.17) is 5.21 Å². The molecular formula is C19H26FN3O2. The van der Waals surface area contributed by atoms with Gasteiger partial charge in [-0.05, 0) is 63.4 Å². The van der Waals surface area contributed by atoms with Crippen LogP contribution in [-0.4, -0.2) is 52.6 Å². The van der Waals surface area contributed by atoms with E-state index in [-0.39, 0.29) is 16.9 Å². The second-order valence-electron chi connectivity index (χ2n) is 7.79. The summed E-state index contributed by atoms with van der Waals surface area (Å²) in [6.07, 6.45) is 6.99. The van der Waals surface area contributed by atoms with E-state index in [9.17, 15) is 9.18 Å². The minimum absolute atomic E-state index is 0.180. The van der Waals surface area contributed by atoms with Crippen LogP contribution in [0.1, 0.15) is 53.6 Å². The zero-order valence-electron chi connectivity index (χ0n) is 14.7. The summed E-state index contributed by atoms with van der Waals surface area (Å²) >= 11 is 0. The number of hydrogen-bond donors (Lipinski definition) is 2. The molecule has 2 heterocycles. The first-order chi connectivity index (χ1) is 12.0. The first-order valence-corrected chi connectivity index (χ1v) is 9.26. The van der Waals surface area contributed by atoms with Gasteiger partial charge in [-0.3, -0.25) is 19.8 Å². The normalized spacial score (nSPS) is 30.0. The number of piperidine rings is 1. The van der Waals surface area contributed by atoms with Crippen LogP contribution >= 0.6 is 0 Å². The molecule has 0 bridgehead atoms. The molecule has 5 nitrogen and oxygen atoms in total. The van der Waals surface area contributed by atoms with E-state index in [0.29, 0.717) is 18.2 Å². The predicted octanol–water partition coefficient (Wildman–Crippen LogP) is 2.32. The van der Waals surface area contributed by atoms with Gasteiger partial charge < -0.3 is 0 Å². The number of carbonyl (C=O) groups excluding carboxylic acids is 1. The summed E-state index contributed by atoms with van der Waals surface area (Å²) in [7, 11) is 2.24. The van der Waals surface area contributed by atoms with Gasteiger partial charge in [0.2, 0.25) is 0 Å². The quantitative estimate of drug-likeness (QED) is 0.637. The molecule has 3 aliphatic rings. The third kappa shape index (κ3) is 2.67. The molecule has 4 rings (SSSR count). The lowest BCUT2D eigenvalue weighted by Gasteiger charge is -2.61. The molecular weight excluding hydrogens is 321 g/mol. The first kappa shape index (κ1) is 16.9. The van der Waals surface area contributed by atoms with Crippen LogP contribution in [0.5, 0.6) is 0 Å². The van der Waals surface area contributed by atoms with E-state index in [1.54, 1.807) is 11.5 Å². The van der Waals surface area contributed by atoms with Gasteiger partial charge in [0.1, 0.15) is 5.82 Å². The minimum Gasteiger partial charge on any atom is -0.299 e. The second kappa shape index (κ2) is 6.34. The number of nitrogens with zero attached hydrogens (tertiary/aromatic N) is 2. The van der Waals surface area contributed by atoms with Crippen LogP contribution < -0.4 is 5.48 Å². The lowest BCUT2D eigenvalue weighted by atomic mass is 9.65. The molecule has 1 amide bonds. The Balaban J connectivity index is 1.56. The lowest BCUT2D eigenvalue weighted by molar-refractivity contribution is -0.0882. The number of carbonyl (C=O) groups is 1. The van der Waals surface area contributed by atoms with Gasteiger partial charge in [0.25, 0.3) is 5.91 Å². The molecule has 1 aromatic carbocycles. The third-order valence-corrected chi connectivity index (χ3v) is 6.71. The van der Waals surface area contributed by atoms with E-state index < -0.39 is 5.91 Å². The highest BCUT2D eigenvalue weighted by molar-refractivity contribution is 5.93. The molecule has 2 aliphatic heterocycles. The monoisotopic (exact) mass is 347 g/mol. The van der Waals surface area contributed by atoms with Crippen molar-refractivity contribution in [2.45, 2.75) is 56.7 Å². The maximum absolute atomic E-state index is 14.6. The molecule has 0 radical (unpaired) electrons. The highest BCUT2D eigenvalue weighted by Gasteiger charge is 2.52. The lowest BCUT2D eigenvalue weighted by Crippen LogP contribution is -2.69. The van der Waals surface area contributed by atoms with Crippen LogP contribution in [0.25, 0.3) is 0 Å². The number of likely N-dealkylation sites (N-methyl/N-ethyl adjacent to an activating group) is 1. The Morgan fingerprint density at radius 1 is 1.32 bits per heavy atom. The molecule has 2 fully saturated rings. The van der Waals surface area contributed by atoms with E-state index >= 15 is 0 Å². The number of benzene rings is 1. The average Bonchev–Trinajstić information content (AvgIpc) is 2.61. The number of hydroxylamine groups is 1. The van der Waals surface area contributed by atoms with Crippen molar-refractivity contribution in [2.24, 2.45) is 0 Å². The molecule has 0 aromatic heterocycles. The van der Waals surface area contributed by atoms with Crippen LogP contribution in [-0.2, 0) is 13.0 Å². The van der Waals surface area contributed by atoms with Gasteiger partial charge in [-0.2, -0.15) is 0 Å². The number of fused-ring (bicyclic) bond motifs is 1. The maximum Gasteiger partial charge on any atom is 0.274 e. The van der Waals surface area contributed by atoms with Gasteiger partial charge in [-0.1, -0.05) is 6.42 Å². The molecule has 1 saturated carbocycles. The Morgan fingerprint density at radius 3 is 2.84 bits per heavy atom. The van der Waals surface area contributed by atoms with E-state index in [0.717, 1.165) is 25.1 Å². The van der Waals surface area contributed by atoms with Crippen molar-refractivity contribution in [3.05, 3.63) is 34.6 Å². The van der Waals surface area contributed by atoms with Crippen LogP contribution in [0.15, 0.2) is 12.1 Å². The molecule has 1 saturated heterocycles. The molecule has 136 valence electrons. The zero-order valence-corrected chi connectivity index (χ0v) is 14.7. The fourth-order valence-electron chi connectivity index (χ4n) is 5.16. The molecule has 2 atom stereocenters. The molecule has 6 heteroatoms. The van der Waals surface area contributed by atoms with E-state index in [1.807, 2.05) is 0 Å². The van der Waals surface area contributed by atoms with Gasteiger partial charge in [-0.15, -0.1) is 0 Å². The van der Waals surface area contributed by atoms with Crippen molar-refractivity contribution in [3.8, 4) is 0 Å². The van der Waals surface area contributed by atoms with Gasteiger partial charge in [-0.25, -0.2) is 9.87 Å². The summed E-state index contributed by atoms with van der Waals surface area (Å²) in [5.74, 6) is -1.00. The van der Waals surface area contributed by atoms with Crippen LogP contribution in [0.4, 0.5) is 4.39 Å². The average molecular weight is 347 g/mol. The summed E-state index contributed by atoms with van der Waals surface area (Å²) in [4.78, 5) is 16.6. The molecule has 1 aromatic rings. The van der Waals surface area contributed by atoms with Gasteiger partial charge >= 0.3 is 0 Å². The number of likely N-dealkylation sites (tertiary alicyclic amines) is 1. The largest absolute Gasteiger partial charge is 0.299 e. The standard InChI is InChI=1S/C19H26FN3O2/c1-22-8-3-2-6-19(22)7-4-17(19)23-9-5-13-10-14(18(24)21-25)11-16(20)15(13)12-23/h10-11,17,25H,2-9,12H2,1H3,(H,21,24)/t17-,19+/m0/s1. The zero-order chi connectivity index (χ0) is 17.6. The van der Waals surface area contributed by atoms with Crippen molar-refractivity contribution in [1.29, 1.82) is 0 Å². The van der Waals surface area contributed by atoms with Crippen molar-refractivity contribution >= 4 is 5.91 Å². The van der Waals surface area contributed by atoms with Crippen LogP contribution in [0, 0.1) is 5.82 Å². The summed E-state index contributed by atoms with van der Waals surface area (Å²) in [6, 6.07) is 3.45. The third-order valence-electron chi connectivity index (χ3n) is 6.71. The number of halogens is 1. The van der Waals surface area contributed by atoms with Crippen molar-refractivity contribution in [2.75, 3.05) is 20.1 Å². The Bertz CT molecular complexity index is 695. The fraction of sp³-hybridized carbons (Fsp3) is 0.632. The summed E-state index contributed by atoms with van der Waals surface area (Å²) in [6.45, 7) is 2.67. The van der Waals surface area contributed by atoms with Crippen LogP contribution in [0.2, 0.25) is 0 Å². The highest BCUT2D eigenvalue weighted by Crippen LogP contribution is 2.47. The topological polar surface area (TPSA) is 55.8 Å². The molecule has 2 N–H and O–H groups in total. The van der Waals surface area contributed by atoms with Crippen molar-refractivity contribution in [1.82, 2.24) is 15.3 Å². The smallest absolute Gasteiger partial charge is 0.274 e. The Kier molecular flexibility index (Phi) is 4.30. The Morgan fingerprint density at radius 2 is 2.16 bits per heavy atom. The molecule has 25 heavy (non-hydrogen) atoms. The second-order valence-corrected chi connectivity index (χ2v) is 7.79. The van der Waals surface area contributed by atoms with Crippen LogP contribution in [0.3, 0.4) is 0 Å². The van der Waals surface area contributed by atoms with Gasteiger partial charge in [0.05, 0.1) is 0 Å². The number of rotatable bonds is 2. The SMILES string of the molecule is CN1CCCC[C@]12CC[C@@H]2N1CCc2cc(C(=O)NO)cc(F)c2C1. The van der Waals surface area contributed by atoms with Gasteiger partial charge in [0, 0.05) is 35.8 Å². The highest BCUT2D eigenvalue weighted by atomic mass is 19.1. The van der Waals surface area contributed by atoms with Crippen molar-refractivity contribution < 1.29 is 14.4 Å². The van der Waals surface area contributed by atoms with E-state index in [2.05, 4.69) is 16.8 Å². The Hall–Kier alpha value is -1.50. The number of nitrogens with one attached hydrogen (secondary N) is 1. The Labute approximate surface area is 147 Å². The molecule has 1 aliphatic carbocycles. The minimum atomic E-state index is -0.661. The summed E-state index contributed by atoms with van der Waals surface area (Å²) in [5.41, 5.74) is 3.64. The summed E-state index contributed by atoms with van der Waals surface area (Å²) in [5, 5.41) is 8.77. The van der Waals surface area contributed by atoms with E-state index in [1.165, 1.54) is 38.2 Å². The fourth-order valence-corrected chi connectivity index (χ4v) is 5.16. The maximum atomic E-state index is 14.6. The predicted molar refractivity (Wildman–Crippen MR) is 92.0 cm³/mol. The number of amides is 1.